The Bertz CT molecular complexity index is 690. The zero-order valence-corrected chi connectivity index (χ0v) is 15.1. The molecular formula is C14H10F12O6. The van der Waals surface area contributed by atoms with Crippen molar-refractivity contribution in [1.82, 2.24) is 0 Å². The summed E-state index contributed by atoms with van der Waals surface area (Å²) in [4.78, 5) is 34.4. The first kappa shape index (κ1) is 29.3. The lowest BCUT2D eigenvalue weighted by Crippen LogP contribution is -2.48. The Morgan fingerprint density at radius 3 is 1.34 bits per heavy atom. The Labute approximate surface area is 169 Å². The maximum absolute atomic E-state index is 12.5. The van der Waals surface area contributed by atoms with Crippen LogP contribution in [0.3, 0.4) is 0 Å². The average molecular weight is 502 g/mol. The van der Waals surface area contributed by atoms with Crippen LogP contribution in [-0.4, -0.2) is 60.9 Å². The van der Waals surface area contributed by atoms with Gasteiger partial charge < -0.3 is 14.2 Å². The highest BCUT2D eigenvalue weighted by Crippen LogP contribution is 2.37. The molecule has 0 saturated carbocycles. The lowest BCUT2D eigenvalue weighted by atomic mass is 10.2. The number of ether oxygens (including phenoxy) is 3. The predicted octanol–water partition coefficient (Wildman–Crippen LogP) is 3.94. The summed E-state index contributed by atoms with van der Waals surface area (Å²) < 4.78 is 159. The second-order valence-corrected chi connectivity index (χ2v) is 5.73. The molecule has 0 radical (unpaired) electrons. The van der Waals surface area contributed by atoms with Crippen LogP contribution in [0.4, 0.5) is 52.7 Å². The zero-order valence-electron chi connectivity index (χ0n) is 15.1. The molecule has 6 nitrogen and oxygen atoms in total. The molecule has 0 N–H and O–H groups in total. The number of alkyl halides is 12. The van der Waals surface area contributed by atoms with Gasteiger partial charge in [0.2, 0.25) is 6.10 Å². The molecule has 186 valence electrons. The highest BCUT2D eigenvalue weighted by Gasteiger charge is 2.61. The van der Waals surface area contributed by atoms with Crippen molar-refractivity contribution in [2.75, 3.05) is 0 Å². The summed E-state index contributed by atoms with van der Waals surface area (Å²) in [7, 11) is 0. The molecule has 0 rings (SSSR count). The fourth-order valence-electron chi connectivity index (χ4n) is 1.56. The van der Waals surface area contributed by atoms with Crippen LogP contribution >= 0.6 is 0 Å². The lowest BCUT2D eigenvalue weighted by molar-refractivity contribution is -0.316. The van der Waals surface area contributed by atoms with Gasteiger partial charge in [-0.2, -0.15) is 52.7 Å². The van der Waals surface area contributed by atoms with Gasteiger partial charge >= 0.3 is 42.6 Å². The normalized spacial score (nSPS) is 14.2. The topological polar surface area (TPSA) is 78.9 Å². The quantitative estimate of drug-likeness (QED) is 0.227. The monoisotopic (exact) mass is 502 g/mol. The minimum atomic E-state index is -6.28. The van der Waals surface area contributed by atoms with Crippen molar-refractivity contribution in [3.8, 4) is 0 Å². The number of carbonyl (C=O) groups is 3. The summed E-state index contributed by atoms with van der Waals surface area (Å²) in [5.74, 6) is -7.16. The fraction of sp³-hybridized carbons (Fsp3) is 0.643. The Hall–Kier alpha value is -2.69. The minimum Gasteiger partial charge on any atom is -0.446 e. The van der Waals surface area contributed by atoms with Crippen LogP contribution in [0.15, 0.2) is 12.2 Å². The first-order valence-corrected chi connectivity index (χ1v) is 7.51. The molecule has 18 heteroatoms. The second kappa shape index (κ2) is 9.85. The van der Waals surface area contributed by atoms with Crippen LogP contribution < -0.4 is 0 Å². The van der Waals surface area contributed by atoms with Gasteiger partial charge in [-0.15, -0.1) is 0 Å². The van der Waals surface area contributed by atoms with Gasteiger partial charge in [-0.25, -0.2) is 9.59 Å². The lowest BCUT2D eigenvalue weighted by Gasteiger charge is -2.26. The van der Waals surface area contributed by atoms with Gasteiger partial charge in [-0.3, -0.25) is 4.79 Å². The van der Waals surface area contributed by atoms with Gasteiger partial charge in [-0.1, -0.05) is 6.58 Å². The van der Waals surface area contributed by atoms with Crippen LogP contribution in [0.25, 0.3) is 0 Å². The number of halogens is 12. The molecule has 0 saturated heterocycles. The van der Waals surface area contributed by atoms with Gasteiger partial charge in [0.05, 0.1) is 6.42 Å². The van der Waals surface area contributed by atoms with E-state index in [4.69, 9.17) is 0 Å². The number of hydrogen-bond donors (Lipinski definition) is 0. The third kappa shape index (κ3) is 9.21. The van der Waals surface area contributed by atoms with Crippen LogP contribution in [0.2, 0.25) is 0 Å². The van der Waals surface area contributed by atoms with E-state index < -0.39 is 72.9 Å². The highest BCUT2D eigenvalue weighted by atomic mass is 19.4. The van der Waals surface area contributed by atoms with E-state index in [1.165, 1.54) is 0 Å². The van der Waals surface area contributed by atoms with E-state index in [1.54, 1.807) is 0 Å². The van der Waals surface area contributed by atoms with E-state index in [2.05, 4.69) is 20.8 Å². The minimum absolute atomic E-state index is 0.678. The van der Waals surface area contributed by atoms with E-state index in [1.807, 2.05) is 0 Å². The van der Waals surface area contributed by atoms with Crippen LogP contribution in [0, 0.1) is 0 Å². The molecule has 0 fully saturated rings. The van der Waals surface area contributed by atoms with Gasteiger partial charge in [0, 0.05) is 5.57 Å². The molecule has 0 spiro atoms. The molecule has 1 atom stereocenters. The Kier molecular flexibility index (Phi) is 9.02. The first-order valence-electron chi connectivity index (χ1n) is 7.51. The third-order valence-electron chi connectivity index (χ3n) is 2.89. The number of hydrogen-bond acceptors (Lipinski definition) is 6. The molecule has 1 unspecified atom stereocenters. The van der Waals surface area contributed by atoms with Crippen molar-refractivity contribution < 1.29 is 81.3 Å². The zero-order chi connectivity index (χ0) is 25.9. The molecular weight excluding hydrogens is 492 g/mol. The number of rotatable bonds is 7. The second-order valence-electron chi connectivity index (χ2n) is 5.73. The highest BCUT2D eigenvalue weighted by molar-refractivity contribution is 5.90. The van der Waals surface area contributed by atoms with E-state index in [-0.39, 0.29) is 0 Å². The maximum Gasteiger partial charge on any atom is 0.434 e. The molecule has 0 aliphatic carbocycles. The van der Waals surface area contributed by atoms with Gasteiger partial charge in [0.15, 0.2) is 0 Å². The molecule has 0 aromatic rings. The van der Waals surface area contributed by atoms with Crippen molar-refractivity contribution in [2.24, 2.45) is 0 Å². The SMILES string of the molecule is C=C(C)C(=O)OC(CC(=O)OC(C(F)(F)F)C(F)(F)F)C(=O)OC(C(F)(F)F)C(F)(F)F. The average Bonchev–Trinajstić information content (AvgIpc) is 2.52. The first-order chi connectivity index (χ1) is 14.0. The largest absolute Gasteiger partial charge is 0.446 e. The summed E-state index contributed by atoms with van der Waals surface area (Å²) in [5, 5.41) is 0. The summed E-state index contributed by atoms with van der Waals surface area (Å²) in [6.07, 6.45) is -40.0. The van der Waals surface area contributed by atoms with Crippen LogP contribution in [0.5, 0.6) is 0 Å². The van der Waals surface area contributed by atoms with Crippen molar-refractivity contribution in [2.45, 2.75) is 56.4 Å². The van der Waals surface area contributed by atoms with Crippen molar-refractivity contribution in [3.63, 3.8) is 0 Å². The van der Waals surface area contributed by atoms with Crippen molar-refractivity contribution in [1.29, 1.82) is 0 Å². The molecule has 0 aromatic heterocycles. The fourth-order valence-corrected chi connectivity index (χ4v) is 1.56. The van der Waals surface area contributed by atoms with E-state index in [0.29, 0.717) is 0 Å². The van der Waals surface area contributed by atoms with E-state index in [9.17, 15) is 67.1 Å². The number of esters is 3. The smallest absolute Gasteiger partial charge is 0.434 e. The Morgan fingerprint density at radius 2 is 1.03 bits per heavy atom. The van der Waals surface area contributed by atoms with Crippen molar-refractivity contribution in [3.05, 3.63) is 12.2 Å². The summed E-state index contributed by atoms with van der Waals surface area (Å²) in [6, 6.07) is 0. The van der Waals surface area contributed by atoms with Crippen LogP contribution in [-0.2, 0) is 28.6 Å². The van der Waals surface area contributed by atoms with Gasteiger partial charge in [-0.05, 0) is 6.92 Å². The third-order valence-corrected chi connectivity index (χ3v) is 2.89. The van der Waals surface area contributed by atoms with E-state index >= 15 is 0 Å². The van der Waals surface area contributed by atoms with Gasteiger partial charge in [0.1, 0.15) is 0 Å². The van der Waals surface area contributed by atoms with Crippen molar-refractivity contribution >= 4 is 17.9 Å². The molecule has 0 bridgehead atoms. The predicted molar refractivity (Wildman–Crippen MR) is 73.3 cm³/mol. The summed E-state index contributed by atoms with van der Waals surface area (Å²) >= 11 is 0. The number of carbonyl (C=O) groups excluding carboxylic acids is 3. The summed E-state index contributed by atoms with van der Waals surface area (Å²) in [6.45, 7) is 3.72. The molecule has 0 heterocycles. The van der Waals surface area contributed by atoms with Crippen LogP contribution in [0.1, 0.15) is 13.3 Å². The summed E-state index contributed by atoms with van der Waals surface area (Å²) in [5.41, 5.74) is -0.678. The van der Waals surface area contributed by atoms with E-state index in [0.717, 1.165) is 6.92 Å². The molecule has 32 heavy (non-hydrogen) atoms. The Morgan fingerprint density at radius 1 is 0.688 bits per heavy atom. The molecule has 0 amide bonds. The molecule has 0 aliphatic heterocycles. The standard InChI is InChI=1S/C14H10F12O6/c1-4(2)7(28)30-5(8(29)32-10(13(21,22)23)14(24,25)26)3-6(27)31-9(11(15,16)17)12(18,19)20/h5,9-10H,1,3H2,2H3. The molecule has 0 aromatic carbocycles. The Balaban J connectivity index is 5.81. The molecule has 0 aliphatic rings. The maximum atomic E-state index is 12.5. The van der Waals surface area contributed by atoms with Gasteiger partial charge in [0.25, 0.3) is 12.2 Å².